The summed E-state index contributed by atoms with van der Waals surface area (Å²) in [6, 6.07) is 3.15. The van der Waals surface area contributed by atoms with E-state index in [1.54, 1.807) is 13.0 Å². The minimum atomic E-state index is -4.77. The molecule has 0 radical (unpaired) electrons. The lowest BCUT2D eigenvalue weighted by Crippen LogP contribution is -2.26. The average molecular weight is 370 g/mol. The number of allylic oxidation sites excluding steroid dienone is 1. The van der Waals surface area contributed by atoms with E-state index in [1.165, 1.54) is 31.7 Å². The van der Waals surface area contributed by atoms with Gasteiger partial charge in [-0.05, 0) is 57.1 Å². The number of rotatable bonds is 7. The zero-order chi connectivity index (χ0) is 18.6. The zero-order valence-electron chi connectivity index (χ0n) is 15.0. The number of hydrogen-bond donors (Lipinski definition) is 0. The normalized spacial score (nSPS) is 18.9. The van der Waals surface area contributed by atoms with Gasteiger partial charge in [0.05, 0.1) is 6.10 Å². The van der Waals surface area contributed by atoms with Crippen molar-refractivity contribution in [2.24, 2.45) is 5.92 Å². The SMILES string of the molecule is Cc1c(OC/C=C/C2CCCC2)ccc(OC2CCC2)c1OC(F)(F)F. The van der Waals surface area contributed by atoms with Gasteiger partial charge >= 0.3 is 6.36 Å². The Morgan fingerprint density at radius 2 is 1.73 bits per heavy atom. The largest absolute Gasteiger partial charge is 0.573 e. The summed E-state index contributed by atoms with van der Waals surface area (Å²) in [5.41, 5.74) is 0.299. The molecule has 26 heavy (non-hydrogen) atoms. The van der Waals surface area contributed by atoms with Crippen LogP contribution in [0.15, 0.2) is 24.3 Å². The number of hydrogen-bond acceptors (Lipinski definition) is 3. The van der Waals surface area contributed by atoms with Gasteiger partial charge in [0, 0.05) is 5.56 Å². The molecule has 0 heterocycles. The summed E-state index contributed by atoms with van der Waals surface area (Å²) in [5.74, 6) is 0.795. The highest BCUT2D eigenvalue weighted by Gasteiger charge is 2.34. The van der Waals surface area contributed by atoms with Crippen LogP contribution in [0.4, 0.5) is 13.2 Å². The smallest absolute Gasteiger partial charge is 0.489 e. The fourth-order valence-electron chi connectivity index (χ4n) is 3.34. The third kappa shape index (κ3) is 5.08. The van der Waals surface area contributed by atoms with Crippen molar-refractivity contribution in [2.75, 3.05) is 6.61 Å². The maximum Gasteiger partial charge on any atom is 0.573 e. The lowest BCUT2D eigenvalue weighted by molar-refractivity contribution is -0.275. The molecule has 1 aromatic rings. The molecule has 2 saturated carbocycles. The van der Waals surface area contributed by atoms with Crippen molar-refractivity contribution in [2.45, 2.75) is 64.3 Å². The fraction of sp³-hybridized carbons (Fsp3) is 0.600. The first-order chi connectivity index (χ1) is 12.4. The van der Waals surface area contributed by atoms with E-state index in [4.69, 9.17) is 9.47 Å². The quantitative estimate of drug-likeness (QED) is 0.555. The summed E-state index contributed by atoms with van der Waals surface area (Å²) < 4.78 is 54.0. The molecule has 0 bridgehead atoms. The van der Waals surface area contributed by atoms with Crippen molar-refractivity contribution in [3.63, 3.8) is 0 Å². The molecule has 2 aliphatic carbocycles. The Hall–Kier alpha value is -1.85. The summed E-state index contributed by atoms with van der Waals surface area (Å²) in [7, 11) is 0. The van der Waals surface area contributed by atoms with Crippen molar-refractivity contribution in [3.05, 3.63) is 29.8 Å². The second-order valence-electron chi connectivity index (χ2n) is 7.02. The molecular weight excluding hydrogens is 345 g/mol. The predicted molar refractivity (Wildman–Crippen MR) is 92.7 cm³/mol. The Bertz CT molecular complexity index is 630. The highest BCUT2D eigenvalue weighted by atomic mass is 19.4. The first kappa shape index (κ1) is 18.9. The zero-order valence-corrected chi connectivity index (χ0v) is 15.0. The van der Waals surface area contributed by atoms with Gasteiger partial charge in [-0.25, -0.2) is 0 Å². The van der Waals surface area contributed by atoms with E-state index in [2.05, 4.69) is 10.8 Å². The van der Waals surface area contributed by atoms with Crippen molar-refractivity contribution in [1.29, 1.82) is 0 Å². The van der Waals surface area contributed by atoms with Crippen LogP contribution in [0.5, 0.6) is 17.2 Å². The Balaban J connectivity index is 1.69. The van der Waals surface area contributed by atoms with Crippen LogP contribution in [0.25, 0.3) is 0 Å². The van der Waals surface area contributed by atoms with Crippen LogP contribution < -0.4 is 14.2 Å². The Labute approximate surface area is 152 Å². The Morgan fingerprint density at radius 3 is 2.35 bits per heavy atom. The van der Waals surface area contributed by atoms with Crippen LogP contribution >= 0.6 is 0 Å². The lowest BCUT2D eigenvalue weighted by atomic mass is 9.96. The standard InChI is InChI=1S/C20H25F3O3/c1-14-17(24-13-5-8-15-6-2-3-7-15)11-12-18(25-16-9-4-10-16)19(14)26-20(21,22)23/h5,8,11-12,15-16H,2-4,6-7,9-10,13H2,1H3/b8-5+. The molecule has 0 N–H and O–H groups in total. The first-order valence-corrected chi connectivity index (χ1v) is 9.28. The molecular formula is C20H25F3O3. The number of benzene rings is 1. The van der Waals surface area contributed by atoms with E-state index in [9.17, 15) is 13.2 Å². The molecule has 0 spiro atoms. The number of ether oxygens (including phenoxy) is 3. The Kier molecular flexibility index (Phi) is 5.99. The van der Waals surface area contributed by atoms with Gasteiger partial charge in [0.15, 0.2) is 11.5 Å². The third-order valence-electron chi connectivity index (χ3n) is 5.03. The summed E-state index contributed by atoms with van der Waals surface area (Å²) in [5, 5.41) is 0. The lowest BCUT2D eigenvalue weighted by Gasteiger charge is -2.28. The van der Waals surface area contributed by atoms with Gasteiger partial charge in [-0.3, -0.25) is 0 Å². The minimum absolute atomic E-state index is 0.0360. The number of halogens is 3. The maximum atomic E-state index is 12.8. The van der Waals surface area contributed by atoms with Gasteiger partial charge < -0.3 is 14.2 Å². The van der Waals surface area contributed by atoms with Gasteiger partial charge in [0.2, 0.25) is 0 Å². The second-order valence-corrected chi connectivity index (χ2v) is 7.02. The predicted octanol–water partition coefficient (Wildman–Crippen LogP) is 5.95. The molecule has 3 nitrogen and oxygen atoms in total. The molecule has 3 rings (SSSR count). The maximum absolute atomic E-state index is 12.8. The monoisotopic (exact) mass is 370 g/mol. The van der Waals surface area contributed by atoms with Crippen LogP contribution in [0.1, 0.15) is 50.5 Å². The molecule has 0 aliphatic heterocycles. The molecule has 2 aliphatic rings. The topological polar surface area (TPSA) is 27.7 Å². The van der Waals surface area contributed by atoms with Gasteiger partial charge in [-0.2, -0.15) is 0 Å². The van der Waals surface area contributed by atoms with Crippen LogP contribution in [-0.4, -0.2) is 19.1 Å². The first-order valence-electron chi connectivity index (χ1n) is 9.28. The summed E-state index contributed by atoms with van der Waals surface area (Å²) in [6.07, 6.45) is 6.94. The molecule has 0 saturated heterocycles. The van der Waals surface area contributed by atoms with Gasteiger partial charge in [-0.15, -0.1) is 13.2 Å². The molecule has 0 atom stereocenters. The molecule has 0 aromatic heterocycles. The summed E-state index contributed by atoms with van der Waals surface area (Å²) in [6.45, 7) is 1.89. The average Bonchev–Trinajstić information content (AvgIpc) is 3.04. The Morgan fingerprint density at radius 1 is 1.04 bits per heavy atom. The third-order valence-corrected chi connectivity index (χ3v) is 5.03. The second kappa shape index (κ2) is 8.23. The van der Waals surface area contributed by atoms with Crippen LogP contribution in [0, 0.1) is 12.8 Å². The van der Waals surface area contributed by atoms with Crippen molar-refractivity contribution >= 4 is 0 Å². The molecule has 1 aromatic carbocycles. The molecule has 0 amide bonds. The van der Waals surface area contributed by atoms with Crippen LogP contribution in [0.3, 0.4) is 0 Å². The van der Waals surface area contributed by atoms with Crippen molar-refractivity contribution < 1.29 is 27.4 Å². The van der Waals surface area contributed by atoms with Gasteiger partial charge in [0.1, 0.15) is 12.4 Å². The minimum Gasteiger partial charge on any atom is -0.489 e. The molecule has 0 unspecified atom stereocenters. The van der Waals surface area contributed by atoms with E-state index < -0.39 is 6.36 Å². The van der Waals surface area contributed by atoms with E-state index in [1.807, 2.05) is 6.08 Å². The van der Waals surface area contributed by atoms with Gasteiger partial charge in [-0.1, -0.05) is 25.0 Å². The molecule has 2 fully saturated rings. The fourth-order valence-corrected chi connectivity index (χ4v) is 3.34. The van der Waals surface area contributed by atoms with E-state index >= 15 is 0 Å². The highest BCUT2D eigenvalue weighted by Crippen LogP contribution is 2.41. The van der Waals surface area contributed by atoms with Crippen molar-refractivity contribution in [3.8, 4) is 17.2 Å². The van der Waals surface area contributed by atoms with E-state index in [-0.39, 0.29) is 17.6 Å². The van der Waals surface area contributed by atoms with Gasteiger partial charge in [0.25, 0.3) is 0 Å². The molecule has 144 valence electrons. The van der Waals surface area contributed by atoms with Crippen LogP contribution in [-0.2, 0) is 0 Å². The van der Waals surface area contributed by atoms with E-state index in [0.717, 1.165) is 19.3 Å². The van der Waals surface area contributed by atoms with Crippen LogP contribution in [0.2, 0.25) is 0 Å². The number of alkyl halides is 3. The van der Waals surface area contributed by atoms with Crippen molar-refractivity contribution in [1.82, 2.24) is 0 Å². The summed E-state index contributed by atoms with van der Waals surface area (Å²) in [4.78, 5) is 0. The molecule has 6 heteroatoms. The summed E-state index contributed by atoms with van der Waals surface area (Å²) >= 11 is 0. The van der Waals surface area contributed by atoms with E-state index in [0.29, 0.717) is 23.8 Å². The highest BCUT2D eigenvalue weighted by molar-refractivity contribution is 5.53.